The maximum absolute atomic E-state index is 5.59. The molecule has 0 spiro atoms. The molecule has 1 aromatic carbocycles. The lowest BCUT2D eigenvalue weighted by molar-refractivity contribution is -1.03. The first-order valence-corrected chi connectivity index (χ1v) is 9.59. The van der Waals surface area contributed by atoms with Crippen LogP contribution in [-0.2, 0) is 6.54 Å². The van der Waals surface area contributed by atoms with Gasteiger partial charge in [0, 0.05) is 6.42 Å². The predicted molar refractivity (Wildman–Crippen MR) is 96.1 cm³/mol. The molecule has 1 aliphatic carbocycles. The average molecular weight is 335 g/mol. The molecular weight excluding hydrogens is 300 g/mol. The summed E-state index contributed by atoms with van der Waals surface area (Å²) in [7, 11) is 3.45. The minimum Gasteiger partial charge on any atom is -0.493 e. The van der Waals surface area contributed by atoms with Crippen LogP contribution in [0.15, 0.2) is 18.2 Å². The van der Waals surface area contributed by atoms with Gasteiger partial charge in [0.15, 0.2) is 11.5 Å². The summed E-state index contributed by atoms with van der Waals surface area (Å²) in [6.45, 7) is 8.63. The van der Waals surface area contributed by atoms with E-state index in [1.165, 1.54) is 57.4 Å². The summed E-state index contributed by atoms with van der Waals surface area (Å²) >= 11 is 0. The van der Waals surface area contributed by atoms with Crippen LogP contribution in [-0.4, -0.2) is 46.4 Å². The van der Waals surface area contributed by atoms with Gasteiger partial charge < -0.3 is 19.3 Å². The predicted octanol–water partition coefficient (Wildman–Crippen LogP) is 0.566. The van der Waals surface area contributed by atoms with Crippen LogP contribution in [0.4, 0.5) is 0 Å². The van der Waals surface area contributed by atoms with Crippen LogP contribution < -0.4 is 19.3 Å². The molecule has 2 fully saturated rings. The number of rotatable bonds is 5. The highest BCUT2D eigenvalue weighted by molar-refractivity contribution is 5.46. The van der Waals surface area contributed by atoms with Crippen molar-refractivity contribution in [2.45, 2.75) is 45.2 Å². The van der Waals surface area contributed by atoms with Crippen molar-refractivity contribution in [1.29, 1.82) is 0 Å². The lowest BCUT2D eigenvalue weighted by Gasteiger charge is -2.37. The Morgan fingerprint density at radius 2 is 1.83 bits per heavy atom. The molecule has 4 nitrogen and oxygen atoms in total. The van der Waals surface area contributed by atoms with Crippen LogP contribution in [0.5, 0.6) is 11.5 Å². The van der Waals surface area contributed by atoms with Gasteiger partial charge in [0.25, 0.3) is 0 Å². The molecule has 0 radical (unpaired) electrons. The van der Waals surface area contributed by atoms with Crippen LogP contribution >= 0.6 is 0 Å². The number of quaternary nitrogens is 2. The molecule has 1 saturated heterocycles. The fraction of sp³-hybridized carbons (Fsp3) is 0.700. The van der Waals surface area contributed by atoms with E-state index in [1.54, 1.807) is 19.1 Å². The van der Waals surface area contributed by atoms with Crippen molar-refractivity contribution >= 4 is 0 Å². The first-order chi connectivity index (χ1) is 11.7. The van der Waals surface area contributed by atoms with Crippen molar-refractivity contribution < 1.29 is 19.3 Å². The molecule has 24 heavy (non-hydrogen) atoms. The van der Waals surface area contributed by atoms with E-state index >= 15 is 0 Å². The Bertz CT molecular complexity index is 526. The van der Waals surface area contributed by atoms with Crippen LogP contribution in [0.3, 0.4) is 0 Å². The molecule has 0 amide bonds. The van der Waals surface area contributed by atoms with E-state index in [0.717, 1.165) is 30.0 Å². The molecule has 2 aliphatic rings. The van der Waals surface area contributed by atoms with Crippen molar-refractivity contribution in [3.05, 3.63) is 23.8 Å². The number of para-hydroxylation sites is 1. The average Bonchev–Trinajstić information content (AvgIpc) is 2.62. The highest BCUT2D eigenvalue weighted by Gasteiger charge is 2.32. The van der Waals surface area contributed by atoms with E-state index in [-0.39, 0.29) is 0 Å². The van der Waals surface area contributed by atoms with Crippen LogP contribution in [0.1, 0.15) is 38.2 Å². The van der Waals surface area contributed by atoms with Crippen molar-refractivity contribution in [2.75, 3.05) is 40.4 Å². The number of nitrogens with one attached hydrogen (secondary N) is 2. The zero-order valence-electron chi connectivity index (χ0n) is 15.6. The van der Waals surface area contributed by atoms with E-state index in [0.29, 0.717) is 0 Å². The maximum atomic E-state index is 5.59. The Morgan fingerprint density at radius 3 is 2.50 bits per heavy atom. The van der Waals surface area contributed by atoms with Gasteiger partial charge in [-0.2, -0.15) is 0 Å². The van der Waals surface area contributed by atoms with Gasteiger partial charge in [0.2, 0.25) is 0 Å². The number of hydrogen-bond acceptors (Lipinski definition) is 2. The summed E-state index contributed by atoms with van der Waals surface area (Å²) < 4.78 is 11.0. The minimum absolute atomic E-state index is 0.842. The zero-order chi connectivity index (χ0) is 16.9. The number of piperazine rings is 1. The van der Waals surface area contributed by atoms with E-state index < -0.39 is 0 Å². The fourth-order valence-corrected chi connectivity index (χ4v) is 4.68. The quantitative estimate of drug-likeness (QED) is 0.824. The van der Waals surface area contributed by atoms with Crippen LogP contribution in [0.2, 0.25) is 0 Å². The Balaban J connectivity index is 1.56. The third kappa shape index (κ3) is 4.04. The largest absolute Gasteiger partial charge is 0.493 e. The zero-order valence-corrected chi connectivity index (χ0v) is 15.6. The molecule has 1 saturated carbocycles. The van der Waals surface area contributed by atoms with E-state index in [1.807, 2.05) is 11.0 Å². The second-order valence-corrected chi connectivity index (χ2v) is 7.71. The van der Waals surface area contributed by atoms with Gasteiger partial charge in [-0.15, -0.1) is 0 Å². The smallest absolute Gasteiger partial charge is 0.169 e. The SMILES string of the molecule is COc1cccc(C[NH+]2CC[NH+]([C@@H]3CCC[C@H](C)C3)CC2)c1OC. The highest BCUT2D eigenvalue weighted by Crippen LogP contribution is 2.30. The van der Waals surface area contributed by atoms with E-state index in [4.69, 9.17) is 9.47 Å². The van der Waals surface area contributed by atoms with Gasteiger partial charge in [0.05, 0.1) is 25.8 Å². The number of methoxy groups -OCH3 is 2. The standard InChI is InChI=1S/C20H32N2O2/c1-16-6-4-8-18(14-16)22-12-10-21(11-13-22)15-17-7-5-9-19(23-2)20(17)24-3/h5,7,9,16,18H,4,6,8,10-15H2,1-3H3/p+2/t16-,18+/m0/s1. The third-order valence-corrected chi connectivity index (χ3v) is 6.04. The number of benzene rings is 1. The van der Waals surface area contributed by atoms with Gasteiger partial charge in [-0.25, -0.2) is 0 Å². The molecule has 134 valence electrons. The molecule has 4 heteroatoms. The molecule has 0 unspecified atom stereocenters. The summed E-state index contributed by atoms with van der Waals surface area (Å²) in [6.07, 6.45) is 5.76. The Kier molecular flexibility index (Phi) is 6.01. The summed E-state index contributed by atoms with van der Waals surface area (Å²) in [4.78, 5) is 3.54. The maximum Gasteiger partial charge on any atom is 0.169 e. The molecular formula is C20H34N2O2+2. The van der Waals surface area contributed by atoms with Crippen molar-refractivity contribution in [3.63, 3.8) is 0 Å². The Morgan fingerprint density at radius 1 is 1.04 bits per heavy atom. The van der Waals surface area contributed by atoms with Crippen molar-refractivity contribution in [1.82, 2.24) is 0 Å². The van der Waals surface area contributed by atoms with Crippen molar-refractivity contribution in [2.24, 2.45) is 5.92 Å². The fourth-order valence-electron chi connectivity index (χ4n) is 4.68. The summed E-state index contributed by atoms with van der Waals surface area (Å²) in [5, 5.41) is 0. The molecule has 3 rings (SSSR count). The molecule has 2 N–H and O–H groups in total. The van der Waals surface area contributed by atoms with Gasteiger partial charge in [0.1, 0.15) is 32.7 Å². The van der Waals surface area contributed by atoms with Gasteiger partial charge in [-0.05, 0) is 30.9 Å². The first kappa shape index (κ1) is 17.6. The summed E-state index contributed by atoms with van der Waals surface area (Å²) in [6, 6.07) is 7.14. The molecule has 1 aromatic rings. The van der Waals surface area contributed by atoms with Crippen molar-refractivity contribution in [3.8, 4) is 11.5 Å². The van der Waals surface area contributed by atoms with E-state index in [9.17, 15) is 0 Å². The Hall–Kier alpha value is -1.26. The molecule has 0 aromatic heterocycles. The number of hydrogen-bond donors (Lipinski definition) is 2. The summed E-state index contributed by atoms with van der Waals surface area (Å²) in [5.74, 6) is 2.68. The van der Waals surface area contributed by atoms with Gasteiger partial charge in [-0.3, -0.25) is 0 Å². The molecule has 0 bridgehead atoms. The topological polar surface area (TPSA) is 27.3 Å². The monoisotopic (exact) mass is 334 g/mol. The second kappa shape index (κ2) is 8.21. The highest BCUT2D eigenvalue weighted by atomic mass is 16.5. The lowest BCUT2D eigenvalue weighted by Crippen LogP contribution is -3.29. The molecule has 2 atom stereocenters. The molecule has 1 heterocycles. The Labute approximate surface area is 146 Å². The van der Waals surface area contributed by atoms with Crippen LogP contribution in [0, 0.1) is 5.92 Å². The minimum atomic E-state index is 0.842. The third-order valence-electron chi connectivity index (χ3n) is 6.04. The number of ether oxygens (including phenoxy) is 2. The second-order valence-electron chi connectivity index (χ2n) is 7.71. The molecule has 1 aliphatic heterocycles. The van der Waals surface area contributed by atoms with Crippen LogP contribution in [0.25, 0.3) is 0 Å². The van der Waals surface area contributed by atoms with Gasteiger partial charge >= 0.3 is 0 Å². The normalized spacial score (nSPS) is 30.8. The van der Waals surface area contributed by atoms with Gasteiger partial charge in [-0.1, -0.05) is 19.4 Å². The van der Waals surface area contributed by atoms with E-state index in [2.05, 4.69) is 19.1 Å². The summed E-state index contributed by atoms with van der Waals surface area (Å²) in [5.41, 5.74) is 1.27. The lowest BCUT2D eigenvalue weighted by atomic mass is 9.86. The first-order valence-electron chi connectivity index (χ1n) is 9.59.